The van der Waals surface area contributed by atoms with Gasteiger partial charge in [-0.25, -0.2) is 4.98 Å². The molecular formula is C7H6BrN3S. The average molecular weight is 244 g/mol. The van der Waals surface area contributed by atoms with Crippen molar-refractivity contribution in [1.82, 2.24) is 14.5 Å². The van der Waals surface area contributed by atoms with Gasteiger partial charge in [-0.1, -0.05) is 0 Å². The number of fused-ring (bicyclic) bond motifs is 1. The number of aryl methyl sites for hydroxylation is 1. The summed E-state index contributed by atoms with van der Waals surface area (Å²) in [4.78, 5) is 7.26. The van der Waals surface area contributed by atoms with E-state index in [-0.39, 0.29) is 0 Å². The van der Waals surface area contributed by atoms with Gasteiger partial charge in [0.15, 0.2) is 10.4 Å². The first-order chi connectivity index (χ1) is 5.70. The number of hydrogen-bond acceptors (Lipinski definition) is 2. The van der Waals surface area contributed by atoms with Crippen LogP contribution in [-0.4, -0.2) is 14.5 Å². The molecule has 2 heterocycles. The Labute approximate surface area is 82.6 Å². The van der Waals surface area contributed by atoms with Crippen LogP contribution in [0.3, 0.4) is 0 Å². The smallest absolute Gasteiger partial charge is 0.179 e. The van der Waals surface area contributed by atoms with Crippen molar-refractivity contribution in [3.05, 3.63) is 21.5 Å². The molecule has 2 aromatic heterocycles. The molecule has 2 aromatic rings. The summed E-state index contributed by atoms with van der Waals surface area (Å²) in [6, 6.07) is 1.88. The van der Waals surface area contributed by atoms with Crippen LogP contribution in [0.4, 0.5) is 0 Å². The highest BCUT2D eigenvalue weighted by Gasteiger charge is 2.03. The van der Waals surface area contributed by atoms with Gasteiger partial charge in [0.05, 0.1) is 5.52 Å². The third-order valence-electron chi connectivity index (χ3n) is 1.73. The number of rotatable bonds is 0. The molecule has 12 heavy (non-hydrogen) atoms. The number of aromatic nitrogens is 3. The van der Waals surface area contributed by atoms with Gasteiger partial charge in [0, 0.05) is 17.7 Å². The van der Waals surface area contributed by atoms with E-state index in [1.165, 1.54) is 0 Å². The number of nitrogens with zero attached hydrogens (tertiary/aromatic N) is 2. The molecule has 0 saturated heterocycles. The molecule has 5 heteroatoms. The molecule has 0 spiro atoms. The number of nitrogens with one attached hydrogen (secondary N) is 1. The van der Waals surface area contributed by atoms with Gasteiger partial charge >= 0.3 is 0 Å². The molecule has 0 unspecified atom stereocenters. The van der Waals surface area contributed by atoms with Crippen molar-refractivity contribution < 1.29 is 0 Å². The minimum Gasteiger partial charge on any atom is -0.328 e. The van der Waals surface area contributed by atoms with Crippen LogP contribution in [0, 0.1) is 4.77 Å². The SMILES string of the molecule is Cn1c(=S)[nH]c2c(Br)ccnc21. The van der Waals surface area contributed by atoms with Crippen molar-refractivity contribution in [3.63, 3.8) is 0 Å². The van der Waals surface area contributed by atoms with E-state index in [2.05, 4.69) is 25.9 Å². The van der Waals surface area contributed by atoms with Gasteiger partial charge in [-0.05, 0) is 34.2 Å². The van der Waals surface area contributed by atoms with E-state index in [4.69, 9.17) is 12.2 Å². The molecule has 0 saturated carbocycles. The Hall–Kier alpha value is -0.680. The van der Waals surface area contributed by atoms with Crippen molar-refractivity contribution in [1.29, 1.82) is 0 Å². The summed E-state index contributed by atoms with van der Waals surface area (Å²) in [6.07, 6.45) is 1.75. The van der Waals surface area contributed by atoms with Crippen molar-refractivity contribution in [2.24, 2.45) is 7.05 Å². The van der Waals surface area contributed by atoms with Gasteiger partial charge in [-0.3, -0.25) is 0 Å². The molecular weight excluding hydrogens is 238 g/mol. The highest BCUT2D eigenvalue weighted by Crippen LogP contribution is 2.19. The first-order valence-corrected chi connectivity index (χ1v) is 4.59. The predicted octanol–water partition coefficient (Wildman–Crippen LogP) is 2.39. The molecule has 0 atom stereocenters. The van der Waals surface area contributed by atoms with E-state index in [0.717, 1.165) is 15.6 Å². The summed E-state index contributed by atoms with van der Waals surface area (Å²) in [6.45, 7) is 0. The Morgan fingerprint density at radius 3 is 3.08 bits per heavy atom. The number of H-pyrrole nitrogens is 1. The number of aromatic amines is 1. The Balaban J connectivity index is 3.05. The molecule has 0 amide bonds. The first-order valence-electron chi connectivity index (χ1n) is 3.39. The van der Waals surface area contributed by atoms with Crippen LogP contribution in [0.2, 0.25) is 0 Å². The number of pyridine rings is 1. The Kier molecular flexibility index (Phi) is 1.77. The fourth-order valence-electron chi connectivity index (χ4n) is 1.08. The van der Waals surface area contributed by atoms with E-state index in [9.17, 15) is 0 Å². The molecule has 0 radical (unpaired) electrons. The summed E-state index contributed by atoms with van der Waals surface area (Å²) in [5, 5.41) is 0. The third kappa shape index (κ3) is 1.01. The van der Waals surface area contributed by atoms with Crippen LogP contribution in [-0.2, 0) is 7.05 Å². The van der Waals surface area contributed by atoms with E-state index in [1.54, 1.807) is 6.20 Å². The molecule has 0 bridgehead atoms. The van der Waals surface area contributed by atoms with Gasteiger partial charge in [-0.15, -0.1) is 0 Å². The summed E-state index contributed by atoms with van der Waals surface area (Å²) in [7, 11) is 1.89. The van der Waals surface area contributed by atoms with Gasteiger partial charge in [0.1, 0.15) is 0 Å². The van der Waals surface area contributed by atoms with Crippen LogP contribution >= 0.6 is 28.1 Å². The quantitative estimate of drug-likeness (QED) is 0.722. The summed E-state index contributed by atoms with van der Waals surface area (Å²) in [5.41, 5.74) is 1.82. The molecule has 1 N–H and O–H groups in total. The minimum atomic E-state index is 0.685. The van der Waals surface area contributed by atoms with E-state index >= 15 is 0 Å². The van der Waals surface area contributed by atoms with Crippen molar-refractivity contribution in [3.8, 4) is 0 Å². The Morgan fingerprint density at radius 1 is 1.67 bits per heavy atom. The average Bonchev–Trinajstić information content (AvgIpc) is 2.32. The second-order valence-corrected chi connectivity index (χ2v) is 3.72. The summed E-state index contributed by atoms with van der Waals surface area (Å²) < 4.78 is 3.51. The van der Waals surface area contributed by atoms with E-state index in [1.807, 2.05) is 17.7 Å². The highest BCUT2D eigenvalue weighted by molar-refractivity contribution is 9.10. The largest absolute Gasteiger partial charge is 0.328 e. The lowest BCUT2D eigenvalue weighted by molar-refractivity contribution is 0.912. The van der Waals surface area contributed by atoms with Gasteiger partial charge in [0.2, 0.25) is 0 Å². The number of hydrogen-bond donors (Lipinski definition) is 1. The number of halogens is 1. The maximum absolute atomic E-state index is 5.06. The molecule has 3 nitrogen and oxygen atoms in total. The van der Waals surface area contributed by atoms with Crippen LogP contribution in [0.5, 0.6) is 0 Å². The summed E-state index contributed by atoms with van der Waals surface area (Å²) >= 11 is 8.47. The molecule has 2 rings (SSSR count). The molecule has 0 aliphatic rings. The monoisotopic (exact) mass is 243 g/mol. The van der Waals surface area contributed by atoms with Crippen LogP contribution < -0.4 is 0 Å². The fraction of sp³-hybridized carbons (Fsp3) is 0.143. The minimum absolute atomic E-state index is 0.685. The lowest BCUT2D eigenvalue weighted by Gasteiger charge is -1.93. The Morgan fingerprint density at radius 2 is 2.42 bits per heavy atom. The van der Waals surface area contributed by atoms with Crippen molar-refractivity contribution in [2.45, 2.75) is 0 Å². The zero-order valence-corrected chi connectivity index (χ0v) is 8.74. The maximum Gasteiger partial charge on any atom is 0.179 e. The molecule has 62 valence electrons. The first kappa shape index (κ1) is 7.94. The summed E-state index contributed by atoms with van der Waals surface area (Å²) in [5.74, 6) is 0. The zero-order valence-electron chi connectivity index (χ0n) is 6.34. The van der Waals surface area contributed by atoms with E-state index < -0.39 is 0 Å². The topological polar surface area (TPSA) is 33.6 Å². The lowest BCUT2D eigenvalue weighted by atomic mass is 10.4. The van der Waals surface area contributed by atoms with Crippen molar-refractivity contribution >= 4 is 39.3 Å². The van der Waals surface area contributed by atoms with Crippen molar-refractivity contribution in [2.75, 3.05) is 0 Å². The van der Waals surface area contributed by atoms with Crippen LogP contribution in [0.25, 0.3) is 11.2 Å². The van der Waals surface area contributed by atoms with E-state index in [0.29, 0.717) is 4.77 Å². The Bertz CT molecular complexity index is 485. The molecule has 0 aromatic carbocycles. The second-order valence-electron chi connectivity index (χ2n) is 2.48. The zero-order chi connectivity index (χ0) is 8.72. The highest BCUT2D eigenvalue weighted by atomic mass is 79.9. The maximum atomic E-state index is 5.06. The third-order valence-corrected chi connectivity index (χ3v) is 2.77. The normalized spacial score (nSPS) is 10.8. The van der Waals surface area contributed by atoms with Gasteiger partial charge in [-0.2, -0.15) is 0 Å². The van der Waals surface area contributed by atoms with Crippen LogP contribution in [0.15, 0.2) is 16.7 Å². The standard InChI is InChI=1S/C7H6BrN3S/c1-11-6-5(10-7(11)12)4(8)2-3-9-6/h2-3H,1H3,(H,10,12). The fourth-order valence-corrected chi connectivity index (χ4v) is 1.67. The molecule has 0 aliphatic heterocycles. The molecule has 0 fully saturated rings. The molecule has 0 aliphatic carbocycles. The van der Waals surface area contributed by atoms with Gasteiger partial charge < -0.3 is 9.55 Å². The van der Waals surface area contributed by atoms with Crippen LogP contribution in [0.1, 0.15) is 0 Å². The number of imidazole rings is 1. The van der Waals surface area contributed by atoms with Gasteiger partial charge in [0.25, 0.3) is 0 Å². The lowest BCUT2D eigenvalue weighted by Crippen LogP contribution is -1.88. The second kappa shape index (κ2) is 2.67. The predicted molar refractivity (Wildman–Crippen MR) is 53.6 cm³/mol.